The zero-order valence-electron chi connectivity index (χ0n) is 15.6. The molecule has 0 bridgehead atoms. The lowest BCUT2D eigenvalue weighted by molar-refractivity contribution is -0.274. The van der Waals surface area contributed by atoms with Gasteiger partial charge in [-0.25, -0.2) is 0 Å². The summed E-state index contributed by atoms with van der Waals surface area (Å²) >= 11 is 0. The first-order valence-electron chi connectivity index (χ1n) is 8.92. The van der Waals surface area contributed by atoms with Crippen molar-refractivity contribution in [2.45, 2.75) is 24.6 Å². The van der Waals surface area contributed by atoms with Crippen LogP contribution in [0.4, 0.5) is 18.9 Å². The number of nitrogens with two attached hydrogens (primary N) is 1. The van der Waals surface area contributed by atoms with Gasteiger partial charge in [0.25, 0.3) is 0 Å². The molecule has 0 radical (unpaired) electrons. The molecule has 1 heterocycles. The Kier molecular flexibility index (Phi) is 8.14. The Balaban J connectivity index is 0.00000300. The number of anilines is 1. The number of nitrogens with zero attached hydrogens (tertiary/aromatic N) is 1. The molecule has 1 aliphatic heterocycles. The lowest BCUT2D eigenvalue weighted by Crippen LogP contribution is -2.38. The van der Waals surface area contributed by atoms with Crippen LogP contribution in [-0.2, 0) is 10.2 Å². The number of nitrogens with one attached hydrogen (secondary N) is 1. The summed E-state index contributed by atoms with van der Waals surface area (Å²) in [5.74, 6) is -0.0925. The Hall–Kier alpha value is -2.01. The predicted molar refractivity (Wildman–Crippen MR) is 117 cm³/mol. The highest BCUT2D eigenvalue weighted by atomic mass is 127. The average molecular weight is 521 g/mol. The Morgan fingerprint density at radius 3 is 2.28 bits per heavy atom. The van der Waals surface area contributed by atoms with Gasteiger partial charge in [-0.1, -0.05) is 30.3 Å². The number of hydrogen-bond donors (Lipinski definition) is 2. The molecule has 29 heavy (non-hydrogen) atoms. The number of benzene rings is 2. The van der Waals surface area contributed by atoms with Gasteiger partial charge in [0.05, 0.1) is 6.54 Å². The fourth-order valence-corrected chi connectivity index (χ4v) is 3.26. The first kappa shape index (κ1) is 23.3. The highest BCUT2D eigenvalue weighted by Crippen LogP contribution is 2.35. The molecule has 158 valence electrons. The Bertz CT molecular complexity index is 793. The van der Waals surface area contributed by atoms with Crippen LogP contribution in [0.3, 0.4) is 0 Å². The third kappa shape index (κ3) is 6.77. The fraction of sp³-hybridized carbons (Fsp3) is 0.350. The van der Waals surface area contributed by atoms with E-state index < -0.39 is 6.36 Å². The smallest absolute Gasteiger partial charge is 0.406 e. The van der Waals surface area contributed by atoms with Gasteiger partial charge in [-0.3, -0.25) is 4.99 Å². The van der Waals surface area contributed by atoms with Crippen molar-refractivity contribution >= 4 is 35.6 Å². The third-order valence-electron chi connectivity index (χ3n) is 4.75. The number of alkyl halides is 3. The van der Waals surface area contributed by atoms with E-state index in [1.807, 2.05) is 18.2 Å². The average Bonchev–Trinajstić information content (AvgIpc) is 2.68. The van der Waals surface area contributed by atoms with Gasteiger partial charge in [-0.05, 0) is 42.7 Å². The Morgan fingerprint density at radius 2 is 1.69 bits per heavy atom. The minimum atomic E-state index is -4.72. The molecule has 1 fully saturated rings. The molecule has 3 N–H and O–H groups in total. The van der Waals surface area contributed by atoms with Gasteiger partial charge < -0.3 is 20.5 Å². The van der Waals surface area contributed by atoms with E-state index in [1.165, 1.54) is 29.8 Å². The summed E-state index contributed by atoms with van der Waals surface area (Å²) in [6.07, 6.45) is -3.03. The number of hydrogen-bond acceptors (Lipinski definition) is 3. The first-order chi connectivity index (χ1) is 13.4. The normalized spacial score (nSPS) is 16.6. The number of guanidine groups is 1. The van der Waals surface area contributed by atoms with E-state index in [2.05, 4.69) is 27.2 Å². The Morgan fingerprint density at radius 1 is 1.07 bits per heavy atom. The van der Waals surface area contributed by atoms with Crippen molar-refractivity contribution in [3.63, 3.8) is 0 Å². The second-order valence-electron chi connectivity index (χ2n) is 6.66. The summed E-state index contributed by atoms with van der Waals surface area (Å²) in [5, 5.41) is 2.90. The van der Waals surface area contributed by atoms with E-state index in [9.17, 15) is 13.2 Å². The van der Waals surface area contributed by atoms with Gasteiger partial charge in [0.1, 0.15) is 5.75 Å². The van der Waals surface area contributed by atoms with Gasteiger partial charge in [-0.2, -0.15) is 0 Å². The second-order valence-corrected chi connectivity index (χ2v) is 6.66. The molecule has 9 heteroatoms. The zero-order valence-corrected chi connectivity index (χ0v) is 17.9. The van der Waals surface area contributed by atoms with E-state index in [1.54, 1.807) is 0 Å². The largest absolute Gasteiger partial charge is 0.573 e. The molecule has 0 amide bonds. The van der Waals surface area contributed by atoms with Crippen molar-refractivity contribution in [1.29, 1.82) is 0 Å². The maximum atomic E-state index is 12.2. The topological polar surface area (TPSA) is 68.9 Å². The van der Waals surface area contributed by atoms with Crippen molar-refractivity contribution in [2.24, 2.45) is 10.7 Å². The molecule has 2 aromatic rings. The lowest BCUT2D eigenvalue weighted by atomic mass is 9.74. The van der Waals surface area contributed by atoms with Crippen LogP contribution in [0.25, 0.3) is 0 Å². The molecular weight excluding hydrogens is 498 g/mol. The lowest BCUT2D eigenvalue weighted by Gasteiger charge is -2.36. The van der Waals surface area contributed by atoms with E-state index in [0.717, 1.165) is 12.8 Å². The first-order valence-corrected chi connectivity index (χ1v) is 8.92. The molecule has 5 nitrogen and oxygen atoms in total. The molecule has 0 aliphatic carbocycles. The van der Waals surface area contributed by atoms with E-state index in [-0.39, 0.29) is 41.1 Å². The highest BCUT2D eigenvalue weighted by Gasteiger charge is 2.34. The number of halogens is 4. The minimum absolute atomic E-state index is 0. The highest BCUT2D eigenvalue weighted by molar-refractivity contribution is 14.0. The van der Waals surface area contributed by atoms with Gasteiger partial charge in [0.15, 0.2) is 5.96 Å². The van der Waals surface area contributed by atoms with Crippen LogP contribution < -0.4 is 15.8 Å². The van der Waals surface area contributed by atoms with Gasteiger partial charge in [0.2, 0.25) is 0 Å². The summed E-state index contributed by atoms with van der Waals surface area (Å²) < 4.78 is 46.0. The maximum absolute atomic E-state index is 12.2. The minimum Gasteiger partial charge on any atom is -0.406 e. The van der Waals surface area contributed by atoms with Crippen molar-refractivity contribution in [2.75, 3.05) is 25.1 Å². The molecule has 0 atom stereocenters. The predicted octanol–water partition coefficient (Wildman–Crippen LogP) is 4.68. The zero-order chi connectivity index (χ0) is 20.0. The van der Waals surface area contributed by atoms with Crippen LogP contribution >= 0.6 is 24.0 Å². The molecule has 3 rings (SSSR count). The van der Waals surface area contributed by atoms with E-state index >= 15 is 0 Å². The molecular formula is C20H23F3IN3O2. The standard InChI is InChI=1S/C20H22F3N3O2.HI/c21-20(22,23)28-17-8-6-16(7-9-17)26-18(24)25-14-19(10-12-27-13-11-19)15-4-2-1-3-5-15;/h1-9H,10-14H2,(H3,24,25,26);1H. The second kappa shape index (κ2) is 10.1. The molecule has 1 aliphatic rings. The van der Waals surface area contributed by atoms with Crippen LogP contribution in [0.1, 0.15) is 18.4 Å². The van der Waals surface area contributed by atoms with Gasteiger partial charge >= 0.3 is 6.36 Å². The molecule has 2 aromatic carbocycles. The van der Waals surface area contributed by atoms with Crippen molar-refractivity contribution in [1.82, 2.24) is 0 Å². The summed E-state index contributed by atoms with van der Waals surface area (Å²) in [7, 11) is 0. The van der Waals surface area contributed by atoms with Crippen molar-refractivity contribution in [3.05, 3.63) is 60.2 Å². The van der Waals surface area contributed by atoms with E-state index in [0.29, 0.717) is 25.4 Å². The van der Waals surface area contributed by atoms with E-state index in [4.69, 9.17) is 10.5 Å². The van der Waals surface area contributed by atoms with Crippen LogP contribution in [0.2, 0.25) is 0 Å². The molecule has 0 unspecified atom stereocenters. The number of ether oxygens (including phenoxy) is 2. The monoisotopic (exact) mass is 521 g/mol. The maximum Gasteiger partial charge on any atom is 0.573 e. The van der Waals surface area contributed by atoms with Crippen LogP contribution in [0.5, 0.6) is 5.75 Å². The van der Waals surface area contributed by atoms with Crippen molar-refractivity contribution < 1.29 is 22.6 Å². The van der Waals surface area contributed by atoms with Crippen LogP contribution in [-0.4, -0.2) is 32.1 Å². The van der Waals surface area contributed by atoms with Crippen LogP contribution in [0, 0.1) is 0 Å². The SMILES string of the molecule is I.NC(=NCC1(c2ccccc2)CCOCC1)Nc1ccc(OC(F)(F)F)cc1. The molecule has 0 saturated carbocycles. The van der Waals surface area contributed by atoms with Gasteiger partial charge in [0, 0.05) is 24.3 Å². The summed E-state index contributed by atoms with van der Waals surface area (Å²) in [6, 6.07) is 15.5. The Labute approximate surface area is 184 Å². The van der Waals surface area contributed by atoms with Crippen molar-refractivity contribution in [3.8, 4) is 5.75 Å². The summed E-state index contributed by atoms with van der Waals surface area (Å²) in [4.78, 5) is 4.49. The number of aliphatic imine (C=N–C) groups is 1. The number of rotatable bonds is 5. The van der Waals surface area contributed by atoms with Gasteiger partial charge in [-0.15, -0.1) is 37.1 Å². The molecule has 0 spiro atoms. The fourth-order valence-electron chi connectivity index (χ4n) is 3.26. The molecule has 1 saturated heterocycles. The summed E-state index contributed by atoms with van der Waals surface area (Å²) in [5.41, 5.74) is 7.58. The molecule has 0 aromatic heterocycles. The summed E-state index contributed by atoms with van der Waals surface area (Å²) in [6.45, 7) is 1.82. The van der Waals surface area contributed by atoms with Crippen LogP contribution in [0.15, 0.2) is 59.6 Å². The quantitative estimate of drug-likeness (QED) is 0.341. The third-order valence-corrected chi connectivity index (χ3v) is 4.75.